The fraction of sp³-hybridized carbons (Fsp3) is 0.650. The number of nitrogens with zero attached hydrogens (tertiary/aromatic N) is 2. The van der Waals surface area contributed by atoms with E-state index in [0.29, 0.717) is 6.54 Å². The van der Waals surface area contributed by atoms with E-state index in [-0.39, 0.29) is 5.91 Å². The minimum absolute atomic E-state index is 0.108. The van der Waals surface area contributed by atoms with Gasteiger partial charge in [-0.1, -0.05) is 32.0 Å². The monoisotopic (exact) mass is 349 g/mol. The summed E-state index contributed by atoms with van der Waals surface area (Å²) < 4.78 is 5.70. The van der Waals surface area contributed by atoms with Crippen molar-refractivity contribution in [1.82, 2.24) is 15.1 Å². The van der Waals surface area contributed by atoms with E-state index in [0.717, 1.165) is 51.5 Å². The molecule has 0 aliphatic carbocycles. The zero-order chi connectivity index (χ0) is 18.3. The van der Waals surface area contributed by atoms with E-state index in [2.05, 4.69) is 15.1 Å². The summed E-state index contributed by atoms with van der Waals surface area (Å²) in [5.74, 6) is 1.07. The highest BCUT2D eigenvalue weighted by molar-refractivity contribution is 5.77. The zero-order valence-corrected chi connectivity index (χ0v) is 16.2. The molecule has 1 aliphatic heterocycles. The van der Waals surface area contributed by atoms with Gasteiger partial charge in [0.2, 0.25) is 5.91 Å². The first kappa shape index (κ1) is 21.5. The molecule has 5 nitrogen and oxygen atoms in total. The van der Waals surface area contributed by atoms with Gasteiger partial charge in [-0.05, 0) is 37.9 Å². The van der Waals surface area contributed by atoms with E-state index in [1.54, 1.807) is 7.05 Å². The molecule has 0 saturated carbocycles. The van der Waals surface area contributed by atoms with Crippen molar-refractivity contribution >= 4 is 5.91 Å². The summed E-state index contributed by atoms with van der Waals surface area (Å²) in [6.45, 7) is 10.6. The van der Waals surface area contributed by atoms with Crippen molar-refractivity contribution in [1.29, 1.82) is 0 Å². The molecule has 0 spiro atoms. The molecule has 1 fully saturated rings. The van der Waals surface area contributed by atoms with E-state index in [9.17, 15) is 4.79 Å². The third-order valence-corrected chi connectivity index (χ3v) is 4.24. The number of piperazine rings is 1. The van der Waals surface area contributed by atoms with E-state index >= 15 is 0 Å². The van der Waals surface area contributed by atoms with Gasteiger partial charge >= 0.3 is 0 Å². The number of likely N-dealkylation sites (N-methyl/N-ethyl adjacent to an activating group) is 1. The topological polar surface area (TPSA) is 44.8 Å². The zero-order valence-electron chi connectivity index (χ0n) is 16.2. The number of unbranched alkanes of at least 4 members (excludes halogenated alkanes) is 2. The van der Waals surface area contributed by atoms with Crippen LogP contribution in [0.3, 0.4) is 0 Å². The fourth-order valence-corrected chi connectivity index (χ4v) is 2.77. The number of amides is 1. The van der Waals surface area contributed by atoms with Crippen LogP contribution in [0.4, 0.5) is 0 Å². The molecule has 25 heavy (non-hydrogen) atoms. The quantitative estimate of drug-likeness (QED) is 0.696. The Labute approximate surface area is 153 Å². The maximum absolute atomic E-state index is 11.4. The fourth-order valence-electron chi connectivity index (χ4n) is 2.77. The third-order valence-electron chi connectivity index (χ3n) is 4.24. The average molecular weight is 350 g/mol. The van der Waals surface area contributed by atoms with Gasteiger partial charge in [-0.3, -0.25) is 9.69 Å². The number of hydrogen-bond donors (Lipinski definition) is 1. The summed E-state index contributed by atoms with van der Waals surface area (Å²) in [7, 11) is 1.69. The Kier molecular flexibility index (Phi) is 11.7. The van der Waals surface area contributed by atoms with Gasteiger partial charge in [0.15, 0.2) is 0 Å². The number of carbonyl (C=O) groups excluding carboxylic acids is 1. The Bertz CT molecular complexity index is 446. The largest absolute Gasteiger partial charge is 0.494 e. The van der Waals surface area contributed by atoms with Gasteiger partial charge in [0, 0.05) is 33.2 Å². The molecule has 142 valence electrons. The molecular formula is C20H35N3O2. The van der Waals surface area contributed by atoms with Crippen LogP contribution in [-0.2, 0) is 4.79 Å². The number of nitrogens with one attached hydrogen (secondary N) is 1. The molecule has 1 saturated heterocycles. The van der Waals surface area contributed by atoms with Gasteiger partial charge < -0.3 is 15.0 Å². The Morgan fingerprint density at radius 3 is 2.28 bits per heavy atom. The van der Waals surface area contributed by atoms with Gasteiger partial charge in [0.25, 0.3) is 0 Å². The molecular weight excluding hydrogens is 314 g/mol. The van der Waals surface area contributed by atoms with Crippen LogP contribution in [0.1, 0.15) is 33.1 Å². The molecule has 0 bridgehead atoms. The van der Waals surface area contributed by atoms with Crippen molar-refractivity contribution in [2.75, 3.05) is 52.9 Å². The van der Waals surface area contributed by atoms with Gasteiger partial charge in [-0.15, -0.1) is 0 Å². The highest BCUT2D eigenvalue weighted by Gasteiger charge is 2.17. The first-order chi connectivity index (χ1) is 12.3. The maximum atomic E-state index is 11.4. The molecule has 1 aromatic rings. The summed E-state index contributed by atoms with van der Waals surface area (Å²) in [6, 6.07) is 10.00. The van der Waals surface area contributed by atoms with Crippen molar-refractivity contribution in [3.05, 3.63) is 30.3 Å². The van der Waals surface area contributed by atoms with Crippen molar-refractivity contribution in [2.45, 2.75) is 33.1 Å². The molecule has 1 amide bonds. The predicted octanol–water partition coefficient (Wildman–Crippen LogP) is 2.63. The Morgan fingerprint density at radius 1 is 1.00 bits per heavy atom. The molecule has 2 rings (SSSR count). The maximum Gasteiger partial charge on any atom is 0.233 e. The van der Waals surface area contributed by atoms with Crippen LogP contribution in [0.2, 0.25) is 0 Å². The molecule has 1 aliphatic rings. The lowest BCUT2D eigenvalue weighted by Gasteiger charge is -2.34. The summed E-state index contributed by atoms with van der Waals surface area (Å²) in [6.07, 6.45) is 3.52. The lowest BCUT2D eigenvalue weighted by molar-refractivity contribution is -0.122. The lowest BCUT2D eigenvalue weighted by Crippen LogP contribution is -2.49. The third kappa shape index (κ3) is 9.46. The van der Waals surface area contributed by atoms with E-state index < -0.39 is 0 Å². The summed E-state index contributed by atoms with van der Waals surface area (Å²) in [4.78, 5) is 16.1. The van der Waals surface area contributed by atoms with Crippen LogP contribution in [0, 0.1) is 0 Å². The highest BCUT2D eigenvalue weighted by atomic mass is 16.5. The first-order valence-corrected chi connectivity index (χ1v) is 9.61. The lowest BCUT2D eigenvalue weighted by atomic mass is 10.2. The minimum atomic E-state index is 0.108. The Hall–Kier alpha value is -1.59. The first-order valence-electron chi connectivity index (χ1n) is 9.61. The van der Waals surface area contributed by atoms with E-state index in [1.807, 2.05) is 44.2 Å². The standard InChI is InChI=1S/C18H29N3O2.C2H6/c1-19-18(22)16-21-13-11-20(12-14-21)10-6-3-7-15-23-17-8-4-2-5-9-17;1-2/h2,4-5,8-9H,3,6-7,10-16H2,1H3,(H,19,22);1-2H3. The van der Waals surface area contributed by atoms with Gasteiger partial charge in [-0.25, -0.2) is 0 Å². The number of ether oxygens (including phenoxy) is 1. The molecule has 1 aromatic carbocycles. The number of carbonyl (C=O) groups is 1. The van der Waals surface area contributed by atoms with Crippen molar-refractivity contribution in [3.63, 3.8) is 0 Å². The molecule has 1 N–H and O–H groups in total. The van der Waals surface area contributed by atoms with Crippen molar-refractivity contribution in [2.24, 2.45) is 0 Å². The van der Waals surface area contributed by atoms with Crippen LogP contribution in [0.15, 0.2) is 30.3 Å². The molecule has 0 aromatic heterocycles. The van der Waals surface area contributed by atoms with Gasteiger partial charge in [0.1, 0.15) is 5.75 Å². The molecule has 0 radical (unpaired) electrons. The van der Waals surface area contributed by atoms with Crippen LogP contribution < -0.4 is 10.1 Å². The van der Waals surface area contributed by atoms with Crippen molar-refractivity contribution in [3.8, 4) is 5.75 Å². The van der Waals surface area contributed by atoms with Crippen LogP contribution in [0.5, 0.6) is 5.75 Å². The Morgan fingerprint density at radius 2 is 1.64 bits per heavy atom. The van der Waals surface area contributed by atoms with Crippen molar-refractivity contribution < 1.29 is 9.53 Å². The average Bonchev–Trinajstić information content (AvgIpc) is 2.68. The normalized spacial score (nSPS) is 15.2. The SMILES string of the molecule is CC.CNC(=O)CN1CCN(CCCCCOc2ccccc2)CC1. The summed E-state index contributed by atoms with van der Waals surface area (Å²) >= 11 is 0. The van der Waals surface area contributed by atoms with Crippen LogP contribution >= 0.6 is 0 Å². The van der Waals surface area contributed by atoms with Gasteiger partial charge in [0.05, 0.1) is 13.2 Å². The van der Waals surface area contributed by atoms with E-state index in [4.69, 9.17) is 4.74 Å². The second-order valence-electron chi connectivity index (χ2n) is 6.01. The molecule has 5 heteroatoms. The summed E-state index contributed by atoms with van der Waals surface area (Å²) in [5, 5.41) is 2.68. The number of para-hydroxylation sites is 1. The van der Waals surface area contributed by atoms with E-state index in [1.165, 1.54) is 12.8 Å². The number of benzene rings is 1. The van der Waals surface area contributed by atoms with Crippen LogP contribution in [-0.4, -0.2) is 68.6 Å². The number of hydrogen-bond acceptors (Lipinski definition) is 4. The van der Waals surface area contributed by atoms with Crippen LogP contribution in [0.25, 0.3) is 0 Å². The molecule has 0 unspecified atom stereocenters. The molecule has 1 heterocycles. The minimum Gasteiger partial charge on any atom is -0.494 e. The highest BCUT2D eigenvalue weighted by Crippen LogP contribution is 2.10. The Balaban J connectivity index is 0.00000151. The smallest absolute Gasteiger partial charge is 0.233 e. The van der Waals surface area contributed by atoms with Gasteiger partial charge in [-0.2, -0.15) is 0 Å². The second-order valence-corrected chi connectivity index (χ2v) is 6.01. The number of rotatable bonds is 9. The summed E-state index contributed by atoms with van der Waals surface area (Å²) in [5.41, 5.74) is 0. The predicted molar refractivity (Wildman–Crippen MR) is 104 cm³/mol. The molecule has 0 atom stereocenters. The second kappa shape index (κ2) is 13.7.